The molecule has 4 rings (SSSR count). The van der Waals surface area contributed by atoms with Crippen molar-refractivity contribution in [1.29, 1.82) is 0 Å². The van der Waals surface area contributed by atoms with E-state index < -0.39 is 0 Å². The van der Waals surface area contributed by atoms with E-state index in [4.69, 9.17) is 0 Å². The Morgan fingerprint density at radius 1 is 1.37 bits per heavy atom. The summed E-state index contributed by atoms with van der Waals surface area (Å²) in [7, 11) is 2.01. The first kappa shape index (κ1) is 17.9. The number of hydrogen-bond acceptors (Lipinski definition) is 5. The summed E-state index contributed by atoms with van der Waals surface area (Å²) < 4.78 is 4.05. The van der Waals surface area contributed by atoms with Crippen LogP contribution in [0.3, 0.4) is 0 Å². The maximum atomic E-state index is 12.6. The summed E-state index contributed by atoms with van der Waals surface area (Å²) in [5, 5.41) is 10.9. The zero-order valence-electron chi connectivity index (χ0n) is 15.5. The first-order valence-electron chi connectivity index (χ1n) is 9.35. The van der Waals surface area contributed by atoms with Crippen molar-refractivity contribution in [2.24, 2.45) is 7.05 Å². The topological polar surface area (TPSA) is 68.8 Å². The molecule has 1 amide bonds. The lowest BCUT2D eigenvalue weighted by molar-refractivity contribution is -0.132. The second-order valence-corrected chi connectivity index (χ2v) is 8.06. The molecule has 1 saturated heterocycles. The van der Waals surface area contributed by atoms with Gasteiger partial charge in [-0.2, -0.15) is 0 Å². The molecular formula is C19H24N6OS. The van der Waals surface area contributed by atoms with Crippen molar-refractivity contribution in [3.8, 4) is 0 Å². The van der Waals surface area contributed by atoms with Gasteiger partial charge in [-0.15, -0.1) is 21.5 Å². The van der Waals surface area contributed by atoms with Crippen molar-refractivity contribution in [1.82, 2.24) is 29.2 Å². The Morgan fingerprint density at radius 2 is 2.30 bits per heavy atom. The summed E-state index contributed by atoms with van der Waals surface area (Å²) in [6.07, 6.45) is 8.93. The molecule has 0 spiro atoms. The number of likely N-dealkylation sites (tertiary alicyclic amines) is 1. The molecule has 0 saturated carbocycles. The average molecular weight is 385 g/mol. The molecule has 7 nitrogen and oxygen atoms in total. The van der Waals surface area contributed by atoms with Crippen LogP contribution in [0, 0.1) is 0 Å². The van der Waals surface area contributed by atoms with Gasteiger partial charge >= 0.3 is 0 Å². The summed E-state index contributed by atoms with van der Waals surface area (Å²) >= 11 is 1.72. The first-order valence-corrected chi connectivity index (χ1v) is 10.2. The Hall–Kier alpha value is -2.48. The second kappa shape index (κ2) is 8.04. The van der Waals surface area contributed by atoms with Crippen LogP contribution in [0.4, 0.5) is 0 Å². The molecule has 8 heteroatoms. The Balaban J connectivity index is 1.39. The van der Waals surface area contributed by atoms with E-state index >= 15 is 0 Å². The van der Waals surface area contributed by atoms with Gasteiger partial charge in [-0.3, -0.25) is 4.79 Å². The van der Waals surface area contributed by atoms with Crippen molar-refractivity contribution in [3.05, 3.63) is 52.8 Å². The van der Waals surface area contributed by atoms with Crippen LogP contribution in [-0.2, 0) is 24.8 Å². The van der Waals surface area contributed by atoms with Gasteiger partial charge in [-0.25, -0.2) is 4.98 Å². The van der Waals surface area contributed by atoms with Crippen molar-refractivity contribution in [2.75, 3.05) is 13.1 Å². The monoisotopic (exact) mass is 384 g/mol. The molecule has 1 fully saturated rings. The van der Waals surface area contributed by atoms with Crippen LogP contribution < -0.4 is 0 Å². The van der Waals surface area contributed by atoms with Gasteiger partial charge in [0.15, 0.2) is 5.82 Å². The third-order valence-electron chi connectivity index (χ3n) is 5.19. The molecule has 0 aromatic carbocycles. The van der Waals surface area contributed by atoms with Gasteiger partial charge in [-0.05, 0) is 30.7 Å². The van der Waals surface area contributed by atoms with Crippen LogP contribution >= 0.6 is 11.3 Å². The van der Waals surface area contributed by atoms with Crippen molar-refractivity contribution < 1.29 is 4.79 Å². The van der Waals surface area contributed by atoms with Gasteiger partial charge in [0.05, 0.1) is 12.9 Å². The maximum absolute atomic E-state index is 12.6. The number of aryl methyl sites for hydroxylation is 1. The van der Waals surface area contributed by atoms with E-state index in [2.05, 4.69) is 31.2 Å². The molecule has 1 atom stereocenters. The number of piperidine rings is 1. The highest BCUT2D eigenvalue weighted by Crippen LogP contribution is 2.26. The number of rotatable bonds is 6. The number of imidazole rings is 1. The van der Waals surface area contributed by atoms with E-state index in [1.54, 1.807) is 23.9 Å². The summed E-state index contributed by atoms with van der Waals surface area (Å²) in [6.45, 7) is 2.24. The van der Waals surface area contributed by atoms with E-state index in [9.17, 15) is 4.79 Å². The smallest absolute Gasteiger partial charge is 0.222 e. The van der Waals surface area contributed by atoms with Crippen LogP contribution in [0.2, 0.25) is 0 Å². The Labute approximate surface area is 162 Å². The molecule has 0 N–H and O–H groups in total. The number of carbonyl (C=O) groups is 1. The fourth-order valence-corrected chi connectivity index (χ4v) is 4.38. The highest BCUT2D eigenvalue weighted by Gasteiger charge is 2.28. The fourth-order valence-electron chi connectivity index (χ4n) is 3.67. The molecule has 0 bridgehead atoms. The molecule has 27 heavy (non-hydrogen) atoms. The molecule has 3 aromatic heterocycles. The highest BCUT2D eigenvalue weighted by molar-refractivity contribution is 7.09. The van der Waals surface area contributed by atoms with Crippen molar-refractivity contribution in [2.45, 2.75) is 38.1 Å². The van der Waals surface area contributed by atoms with Gasteiger partial charge < -0.3 is 14.0 Å². The van der Waals surface area contributed by atoms with Gasteiger partial charge in [0.2, 0.25) is 5.91 Å². The molecular weight excluding hydrogens is 360 g/mol. The number of hydrogen-bond donors (Lipinski definition) is 0. The van der Waals surface area contributed by atoms with Crippen LogP contribution in [0.15, 0.2) is 36.2 Å². The van der Waals surface area contributed by atoms with Crippen LogP contribution in [-0.4, -0.2) is 48.2 Å². The second-order valence-electron chi connectivity index (χ2n) is 7.03. The molecule has 0 radical (unpaired) electrons. The summed E-state index contributed by atoms with van der Waals surface area (Å²) in [4.78, 5) is 20.0. The largest absolute Gasteiger partial charge is 0.342 e. The lowest BCUT2D eigenvalue weighted by atomic mass is 9.96. The number of aromatic nitrogens is 5. The molecule has 1 aliphatic heterocycles. The predicted octanol–water partition coefficient (Wildman–Crippen LogP) is 2.46. The third kappa shape index (κ3) is 4.10. The number of nitrogens with zero attached hydrogens (tertiary/aromatic N) is 6. The van der Waals surface area contributed by atoms with E-state index in [0.717, 1.165) is 44.0 Å². The van der Waals surface area contributed by atoms with Crippen LogP contribution in [0.5, 0.6) is 0 Å². The lowest BCUT2D eigenvalue weighted by Crippen LogP contribution is -2.39. The standard InChI is InChI=1S/C19H24N6OS/c1-23-17(13-24-10-8-20-14-24)21-22-19(23)15-4-2-9-25(12-15)18(26)7-6-16-5-3-11-27-16/h3,5,8,10-11,14-15H,2,4,6-7,9,12-13H2,1H3. The minimum Gasteiger partial charge on any atom is -0.342 e. The first-order chi connectivity index (χ1) is 13.2. The van der Waals surface area contributed by atoms with E-state index in [-0.39, 0.29) is 11.8 Å². The normalized spacial score (nSPS) is 17.4. The van der Waals surface area contributed by atoms with Crippen LogP contribution in [0.25, 0.3) is 0 Å². The molecule has 1 unspecified atom stereocenters. The van der Waals surface area contributed by atoms with E-state index in [0.29, 0.717) is 13.0 Å². The molecule has 4 heterocycles. The summed E-state index contributed by atoms with van der Waals surface area (Å²) in [5.74, 6) is 2.37. The van der Waals surface area contributed by atoms with E-state index in [1.165, 1.54) is 4.88 Å². The van der Waals surface area contributed by atoms with Gasteiger partial charge in [-0.1, -0.05) is 6.07 Å². The van der Waals surface area contributed by atoms with Gasteiger partial charge in [0.25, 0.3) is 0 Å². The minimum atomic E-state index is 0.244. The fraction of sp³-hybridized carbons (Fsp3) is 0.474. The predicted molar refractivity (Wildman–Crippen MR) is 104 cm³/mol. The molecule has 1 aliphatic rings. The highest BCUT2D eigenvalue weighted by atomic mass is 32.1. The van der Waals surface area contributed by atoms with Crippen molar-refractivity contribution >= 4 is 17.2 Å². The third-order valence-corrected chi connectivity index (χ3v) is 6.12. The SMILES string of the molecule is Cn1c(Cn2ccnc2)nnc1C1CCCN(C(=O)CCc2cccs2)C1. The van der Waals surface area contributed by atoms with Crippen molar-refractivity contribution in [3.63, 3.8) is 0 Å². The van der Waals surface area contributed by atoms with Crippen LogP contribution in [0.1, 0.15) is 41.7 Å². The molecule has 0 aliphatic carbocycles. The maximum Gasteiger partial charge on any atom is 0.222 e. The van der Waals surface area contributed by atoms with Gasteiger partial charge in [0, 0.05) is 49.7 Å². The Bertz CT molecular complexity index is 870. The number of thiophene rings is 1. The minimum absolute atomic E-state index is 0.244. The quantitative estimate of drug-likeness (QED) is 0.655. The molecule has 3 aromatic rings. The Kier molecular flexibility index (Phi) is 5.33. The molecule has 142 valence electrons. The average Bonchev–Trinajstić information content (AvgIpc) is 3.44. The lowest BCUT2D eigenvalue weighted by Gasteiger charge is -2.32. The van der Waals surface area contributed by atoms with E-state index in [1.807, 2.05) is 28.8 Å². The van der Waals surface area contributed by atoms with Gasteiger partial charge in [0.1, 0.15) is 5.82 Å². The zero-order valence-corrected chi connectivity index (χ0v) is 16.3. The number of carbonyl (C=O) groups excluding carboxylic acids is 1. The Morgan fingerprint density at radius 3 is 3.07 bits per heavy atom. The summed E-state index contributed by atoms with van der Waals surface area (Å²) in [5.41, 5.74) is 0. The zero-order chi connectivity index (χ0) is 18.6. The summed E-state index contributed by atoms with van der Waals surface area (Å²) in [6, 6.07) is 4.13. The number of amides is 1.